The number of carbonyl (C=O) groups is 4. The van der Waals surface area contributed by atoms with Crippen LogP contribution in [-0.4, -0.2) is 76.7 Å². The average molecular weight is 552 g/mol. The molecular formula is C27H41N3O7S. The number of ether oxygens (including phenoxy) is 2. The summed E-state index contributed by atoms with van der Waals surface area (Å²) in [6, 6.07) is 3.97. The molecule has 0 bridgehead atoms. The molecule has 1 aliphatic carbocycles. The molecule has 1 fully saturated rings. The molecule has 2 rings (SSSR count). The van der Waals surface area contributed by atoms with E-state index in [1.807, 2.05) is 13.2 Å². The van der Waals surface area contributed by atoms with Gasteiger partial charge in [-0.25, -0.2) is 4.79 Å². The average Bonchev–Trinajstić information content (AvgIpc) is 3.54. The molecule has 3 amide bonds. The number of nitrogens with zero attached hydrogens (tertiary/aromatic N) is 1. The van der Waals surface area contributed by atoms with Crippen molar-refractivity contribution in [1.29, 1.82) is 0 Å². The van der Waals surface area contributed by atoms with E-state index in [1.165, 1.54) is 28.8 Å². The van der Waals surface area contributed by atoms with Crippen LogP contribution in [0, 0.1) is 5.92 Å². The molecule has 0 spiro atoms. The number of rotatable bonds is 13. The molecule has 0 aromatic heterocycles. The predicted molar refractivity (Wildman–Crippen MR) is 146 cm³/mol. The SMILES string of the molecule is CCOC(=O)CCNC(=O)C(c1cccc(O)c1)N(C(=O)C(CCSC)NC(=O)OC(C)(C)C)C1CC1C. The van der Waals surface area contributed by atoms with Crippen molar-refractivity contribution in [2.45, 2.75) is 77.6 Å². The zero-order chi connectivity index (χ0) is 28.5. The number of hydrogen-bond donors (Lipinski definition) is 3. The third kappa shape index (κ3) is 9.74. The Morgan fingerprint density at radius 3 is 2.47 bits per heavy atom. The van der Waals surface area contributed by atoms with Gasteiger partial charge in [-0.3, -0.25) is 14.4 Å². The molecule has 1 aromatic rings. The second-order valence-corrected chi connectivity index (χ2v) is 11.3. The van der Waals surface area contributed by atoms with E-state index >= 15 is 0 Å². The first-order valence-electron chi connectivity index (χ1n) is 12.9. The van der Waals surface area contributed by atoms with Crippen molar-refractivity contribution in [3.63, 3.8) is 0 Å². The number of alkyl carbamates (subject to hydrolysis) is 1. The fraction of sp³-hybridized carbons (Fsp3) is 0.630. The number of esters is 1. The number of carbonyl (C=O) groups excluding carboxylic acids is 4. The first-order valence-corrected chi connectivity index (χ1v) is 14.3. The quantitative estimate of drug-likeness (QED) is 0.318. The van der Waals surface area contributed by atoms with Crippen molar-refractivity contribution < 1.29 is 33.8 Å². The van der Waals surface area contributed by atoms with Crippen LogP contribution in [0.4, 0.5) is 4.79 Å². The lowest BCUT2D eigenvalue weighted by molar-refractivity contribution is -0.145. The highest BCUT2D eigenvalue weighted by molar-refractivity contribution is 7.98. The van der Waals surface area contributed by atoms with Gasteiger partial charge in [0.15, 0.2) is 0 Å². The van der Waals surface area contributed by atoms with Crippen molar-refractivity contribution >= 4 is 35.6 Å². The third-order valence-electron chi connectivity index (χ3n) is 5.92. The lowest BCUT2D eigenvalue weighted by Crippen LogP contribution is -2.54. The van der Waals surface area contributed by atoms with Crippen LogP contribution >= 0.6 is 11.8 Å². The van der Waals surface area contributed by atoms with Gasteiger partial charge in [-0.2, -0.15) is 11.8 Å². The zero-order valence-corrected chi connectivity index (χ0v) is 23.9. The summed E-state index contributed by atoms with van der Waals surface area (Å²) in [6.45, 7) is 9.17. The van der Waals surface area contributed by atoms with Crippen LogP contribution in [0.2, 0.25) is 0 Å². The molecule has 0 aliphatic heterocycles. The number of amides is 3. The summed E-state index contributed by atoms with van der Waals surface area (Å²) < 4.78 is 10.3. The molecule has 212 valence electrons. The molecule has 11 heteroatoms. The normalized spacial score (nSPS) is 18.1. The standard InChI is InChI=1S/C27H41N3O7S/c1-7-36-22(32)11-13-28-24(33)23(18-9-8-10-19(31)16-18)30(21-15-17(21)2)25(34)20(12-14-38-6)29-26(35)37-27(3,4)5/h8-10,16-17,20-21,23,31H,7,11-15H2,1-6H3,(H,28,33)(H,29,35). The predicted octanol–water partition coefficient (Wildman–Crippen LogP) is 3.39. The maximum Gasteiger partial charge on any atom is 0.408 e. The van der Waals surface area contributed by atoms with Crippen LogP contribution in [0.5, 0.6) is 5.75 Å². The summed E-state index contributed by atoms with van der Waals surface area (Å²) in [5.74, 6) is -0.642. The Morgan fingerprint density at radius 2 is 1.92 bits per heavy atom. The number of phenols is 1. The van der Waals surface area contributed by atoms with Gasteiger partial charge in [-0.15, -0.1) is 0 Å². The van der Waals surface area contributed by atoms with Crippen molar-refractivity contribution in [3.05, 3.63) is 29.8 Å². The van der Waals surface area contributed by atoms with E-state index in [9.17, 15) is 24.3 Å². The van der Waals surface area contributed by atoms with Gasteiger partial charge < -0.3 is 30.1 Å². The monoisotopic (exact) mass is 551 g/mol. The van der Waals surface area contributed by atoms with Gasteiger partial charge in [-0.1, -0.05) is 19.1 Å². The van der Waals surface area contributed by atoms with E-state index in [-0.39, 0.29) is 37.3 Å². The molecule has 0 heterocycles. The Balaban J connectivity index is 2.40. The lowest BCUT2D eigenvalue weighted by atomic mass is 10.0. The van der Waals surface area contributed by atoms with E-state index in [0.29, 0.717) is 24.2 Å². The number of hydrogen-bond acceptors (Lipinski definition) is 8. The van der Waals surface area contributed by atoms with Crippen LogP contribution in [-0.2, 0) is 23.9 Å². The maximum absolute atomic E-state index is 14.1. The molecule has 10 nitrogen and oxygen atoms in total. The van der Waals surface area contributed by atoms with Crippen LogP contribution < -0.4 is 10.6 Å². The highest BCUT2D eigenvalue weighted by Crippen LogP contribution is 2.41. The Kier molecular flexibility index (Phi) is 11.7. The number of thioether (sulfide) groups is 1. The summed E-state index contributed by atoms with van der Waals surface area (Å²) in [5.41, 5.74) is -0.322. The van der Waals surface area contributed by atoms with E-state index in [2.05, 4.69) is 10.6 Å². The molecule has 0 saturated heterocycles. The minimum Gasteiger partial charge on any atom is -0.508 e. The summed E-state index contributed by atoms with van der Waals surface area (Å²) in [4.78, 5) is 53.6. The maximum atomic E-state index is 14.1. The van der Waals surface area contributed by atoms with E-state index in [0.717, 1.165) is 0 Å². The van der Waals surface area contributed by atoms with Crippen molar-refractivity contribution in [3.8, 4) is 5.75 Å². The second-order valence-electron chi connectivity index (χ2n) is 10.3. The molecule has 1 aliphatic rings. The molecule has 38 heavy (non-hydrogen) atoms. The largest absolute Gasteiger partial charge is 0.508 e. The van der Waals surface area contributed by atoms with Crippen LogP contribution in [0.3, 0.4) is 0 Å². The zero-order valence-electron chi connectivity index (χ0n) is 23.1. The Hall–Kier alpha value is -2.95. The van der Waals surface area contributed by atoms with Crippen LogP contribution in [0.1, 0.15) is 65.5 Å². The summed E-state index contributed by atoms with van der Waals surface area (Å²) in [5, 5.41) is 15.6. The van der Waals surface area contributed by atoms with E-state index < -0.39 is 41.6 Å². The second kappa shape index (κ2) is 14.3. The van der Waals surface area contributed by atoms with Gasteiger partial charge in [0.05, 0.1) is 13.0 Å². The number of phenolic OH excluding ortho intramolecular Hbond substituents is 1. The summed E-state index contributed by atoms with van der Waals surface area (Å²) in [6.07, 6.45) is 2.21. The lowest BCUT2D eigenvalue weighted by Gasteiger charge is -2.35. The van der Waals surface area contributed by atoms with Gasteiger partial charge >= 0.3 is 12.1 Å². The Morgan fingerprint density at radius 1 is 1.24 bits per heavy atom. The Bertz CT molecular complexity index is 982. The van der Waals surface area contributed by atoms with Crippen LogP contribution in [0.25, 0.3) is 0 Å². The minimum atomic E-state index is -1.08. The minimum absolute atomic E-state index is 0.0172. The number of aromatic hydroxyl groups is 1. The molecule has 4 atom stereocenters. The molecule has 1 saturated carbocycles. The molecule has 0 radical (unpaired) electrons. The summed E-state index contributed by atoms with van der Waals surface area (Å²) in [7, 11) is 0. The fourth-order valence-electron chi connectivity index (χ4n) is 4.05. The fourth-order valence-corrected chi connectivity index (χ4v) is 4.52. The number of nitrogens with one attached hydrogen (secondary N) is 2. The van der Waals surface area contributed by atoms with Crippen LogP contribution in [0.15, 0.2) is 24.3 Å². The van der Waals surface area contributed by atoms with Gasteiger partial charge in [0.2, 0.25) is 11.8 Å². The van der Waals surface area contributed by atoms with Crippen molar-refractivity contribution in [1.82, 2.24) is 15.5 Å². The molecule has 3 N–H and O–H groups in total. The first-order chi connectivity index (χ1) is 17.9. The molecular weight excluding hydrogens is 510 g/mol. The highest BCUT2D eigenvalue weighted by atomic mass is 32.2. The van der Waals surface area contributed by atoms with Gasteiger partial charge in [-0.05, 0) is 76.2 Å². The van der Waals surface area contributed by atoms with E-state index in [1.54, 1.807) is 39.8 Å². The van der Waals surface area contributed by atoms with Gasteiger partial charge in [0.25, 0.3) is 0 Å². The number of benzene rings is 1. The van der Waals surface area contributed by atoms with Gasteiger partial charge in [0, 0.05) is 12.6 Å². The highest BCUT2D eigenvalue weighted by Gasteiger charge is 2.48. The van der Waals surface area contributed by atoms with E-state index in [4.69, 9.17) is 9.47 Å². The van der Waals surface area contributed by atoms with Gasteiger partial charge in [0.1, 0.15) is 23.4 Å². The smallest absolute Gasteiger partial charge is 0.408 e. The van der Waals surface area contributed by atoms with Crippen molar-refractivity contribution in [2.24, 2.45) is 5.92 Å². The Labute approximate surface area is 229 Å². The third-order valence-corrected chi connectivity index (χ3v) is 6.57. The van der Waals surface area contributed by atoms with Crippen molar-refractivity contribution in [2.75, 3.05) is 25.2 Å². The molecule has 4 unspecified atom stereocenters. The summed E-state index contributed by atoms with van der Waals surface area (Å²) >= 11 is 1.54. The molecule has 1 aromatic carbocycles. The topological polar surface area (TPSA) is 134 Å². The first kappa shape index (κ1) is 31.3.